The van der Waals surface area contributed by atoms with Gasteiger partial charge in [0.2, 0.25) is 9.84 Å². The fourth-order valence-corrected chi connectivity index (χ4v) is 8.31. The van der Waals surface area contributed by atoms with Crippen molar-refractivity contribution in [1.82, 2.24) is 4.90 Å². The van der Waals surface area contributed by atoms with Crippen molar-refractivity contribution < 1.29 is 31.1 Å². The van der Waals surface area contributed by atoms with Crippen molar-refractivity contribution in [3.8, 4) is 0 Å². The molecular weight excluding hydrogens is 531 g/mol. The molecule has 1 saturated carbocycles. The number of benzene rings is 2. The zero-order valence-electron chi connectivity index (χ0n) is 20.3. The van der Waals surface area contributed by atoms with Crippen LogP contribution in [0.1, 0.15) is 17.5 Å². The van der Waals surface area contributed by atoms with E-state index < -0.39 is 31.4 Å². The molecule has 0 spiro atoms. The van der Waals surface area contributed by atoms with Crippen LogP contribution in [-0.4, -0.2) is 45.0 Å². The summed E-state index contributed by atoms with van der Waals surface area (Å²) < 4.78 is 63.5. The Bertz CT molecular complexity index is 1680. The van der Waals surface area contributed by atoms with Crippen molar-refractivity contribution >= 4 is 31.3 Å². The Morgan fingerprint density at radius 3 is 2.47 bits per heavy atom. The van der Waals surface area contributed by atoms with Gasteiger partial charge in [-0.2, -0.15) is 0 Å². The molecule has 0 radical (unpaired) electrons. The van der Waals surface area contributed by atoms with E-state index in [1.54, 1.807) is 17.0 Å². The van der Waals surface area contributed by atoms with E-state index in [-0.39, 0.29) is 63.7 Å². The summed E-state index contributed by atoms with van der Waals surface area (Å²) in [5.41, 5.74) is 1.08. The van der Waals surface area contributed by atoms with Gasteiger partial charge in [0, 0.05) is 24.8 Å². The molecule has 11 heteroatoms. The smallest absolute Gasteiger partial charge is 0.260 e. The summed E-state index contributed by atoms with van der Waals surface area (Å²) in [6.45, 7) is 0.180. The van der Waals surface area contributed by atoms with Gasteiger partial charge in [0.15, 0.2) is 9.84 Å². The van der Waals surface area contributed by atoms with Gasteiger partial charge in [0.1, 0.15) is 17.1 Å². The van der Waals surface area contributed by atoms with Gasteiger partial charge in [-0.1, -0.05) is 30.4 Å². The highest BCUT2D eigenvalue weighted by molar-refractivity contribution is 7.94. The highest BCUT2D eigenvalue weighted by Gasteiger charge is 2.55. The van der Waals surface area contributed by atoms with Crippen molar-refractivity contribution in [3.05, 3.63) is 94.0 Å². The predicted molar refractivity (Wildman–Crippen MR) is 139 cm³/mol. The molecule has 2 heterocycles. The Kier molecular flexibility index (Phi) is 5.59. The van der Waals surface area contributed by atoms with Crippen LogP contribution in [0.15, 0.2) is 81.9 Å². The number of carbonyl (C=O) groups excluding carboxylic acids is 1. The van der Waals surface area contributed by atoms with Crippen LogP contribution in [0.2, 0.25) is 0 Å². The second kappa shape index (κ2) is 8.54. The fourth-order valence-electron chi connectivity index (χ4n) is 6.17. The normalized spacial score (nSPS) is 27.2. The molecule has 1 fully saturated rings. The number of anilines is 1. The van der Waals surface area contributed by atoms with E-state index >= 15 is 0 Å². The van der Waals surface area contributed by atoms with E-state index in [9.17, 15) is 31.1 Å². The number of rotatable bonds is 5. The van der Waals surface area contributed by atoms with Gasteiger partial charge >= 0.3 is 0 Å². The first kappa shape index (κ1) is 24.9. The molecule has 4 unspecified atom stereocenters. The van der Waals surface area contributed by atoms with Gasteiger partial charge < -0.3 is 15.3 Å². The topological polar surface area (TPSA) is 121 Å². The first-order chi connectivity index (χ1) is 17.9. The van der Waals surface area contributed by atoms with Gasteiger partial charge in [0.05, 0.1) is 27.4 Å². The second-order valence-corrected chi connectivity index (χ2v) is 14.3. The Morgan fingerprint density at radius 1 is 1.08 bits per heavy atom. The lowest BCUT2D eigenvalue weighted by Gasteiger charge is -2.43. The van der Waals surface area contributed by atoms with Gasteiger partial charge in [0.25, 0.3) is 5.91 Å². The summed E-state index contributed by atoms with van der Waals surface area (Å²) in [5, 5.41) is 15.3. The van der Waals surface area contributed by atoms with E-state index in [1.807, 2.05) is 6.08 Å². The van der Waals surface area contributed by atoms with E-state index in [2.05, 4.69) is 11.4 Å². The average molecular weight is 557 g/mol. The quantitative estimate of drug-likeness (QED) is 0.541. The molecule has 2 aromatic rings. The largest absolute Gasteiger partial charge is 0.511 e. The van der Waals surface area contributed by atoms with E-state index in [0.29, 0.717) is 11.1 Å². The number of hydrogen-bond donors (Lipinski definition) is 2. The number of amides is 1. The number of fused-ring (bicyclic) bond motifs is 6. The predicted octanol–water partition coefficient (Wildman–Crippen LogP) is 3.46. The summed E-state index contributed by atoms with van der Waals surface area (Å²) >= 11 is 0. The number of halogens is 1. The van der Waals surface area contributed by atoms with Crippen LogP contribution in [0.3, 0.4) is 0 Å². The zero-order chi connectivity index (χ0) is 27.0. The van der Waals surface area contributed by atoms with Crippen molar-refractivity contribution in [2.24, 2.45) is 17.8 Å². The van der Waals surface area contributed by atoms with E-state index in [1.165, 1.54) is 30.3 Å². The van der Waals surface area contributed by atoms with Crippen LogP contribution in [0.5, 0.6) is 0 Å². The lowest BCUT2D eigenvalue weighted by Crippen LogP contribution is -2.52. The summed E-state index contributed by atoms with van der Waals surface area (Å²) in [7, 11) is -7.45. The summed E-state index contributed by atoms with van der Waals surface area (Å²) in [6.07, 6.45) is 5.93. The molecule has 0 aromatic heterocycles. The summed E-state index contributed by atoms with van der Waals surface area (Å²) in [6, 6.07) is 9.84. The highest BCUT2D eigenvalue weighted by Crippen LogP contribution is 2.53. The minimum absolute atomic E-state index is 0.00968. The third-order valence-corrected chi connectivity index (χ3v) is 10.0. The van der Waals surface area contributed by atoms with Crippen LogP contribution in [-0.2, 0) is 36.8 Å². The van der Waals surface area contributed by atoms with Crippen molar-refractivity contribution in [3.63, 3.8) is 0 Å². The Labute approximate surface area is 220 Å². The van der Waals surface area contributed by atoms with Crippen LogP contribution in [0.4, 0.5) is 10.1 Å². The molecule has 6 rings (SSSR count). The molecule has 2 aliphatic heterocycles. The molecule has 2 aromatic carbocycles. The Hall–Kier alpha value is -3.44. The molecular formula is C27H25FN2O6S2. The van der Waals surface area contributed by atoms with Gasteiger partial charge in [-0.05, 0) is 53.6 Å². The maximum absolute atomic E-state index is 13.9. The van der Waals surface area contributed by atoms with Crippen molar-refractivity contribution in [2.45, 2.75) is 29.7 Å². The first-order valence-corrected chi connectivity index (χ1v) is 15.7. The van der Waals surface area contributed by atoms with Crippen LogP contribution in [0.25, 0.3) is 0 Å². The van der Waals surface area contributed by atoms with Gasteiger partial charge in [-0.15, -0.1) is 0 Å². The molecule has 2 aliphatic carbocycles. The van der Waals surface area contributed by atoms with Gasteiger partial charge in [-0.3, -0.25) is 4.79 Å². The molecule has 2 N–H and O–H groups in total. The fraction of sp³-hybridized carbons (Fsp3) is 0.296. The van der Waals surface area contributed by atoms with Crippen LogP contribution in [0, 0.1) is 23.6 Å². The van der Waals surface area contributed by atoms with Crippen LogP contribution >= 0.6 is 0 Å². The monoisotopic (exact) mass is 556 g/mol. The molecule has 4 atom stereocenters. The number of nitrogens with zero attached hydrogens (tertiary/aromatic N) is 1. The standard InChI is InChI=1S/C27H25FN2O6S2/c1-37(33,34)13-16-4-9-20-22(10-16)38(35,36)14-21(29-20)24-26(31)23-17-5-6-18(11-17)25(23)30(27(24)32)12-15-2-7-19(28)8-3-15/h2-10,14,17-18,23,25,29,31H,11-13H2,1H3. The number of aliphatic hydroxyl groups is 1. The van der Waals surface area contributed by atoms with Crippen LogP contribution < -0.4 is 5.32 Å². The van der Waals surface area contributed by atoms with E-state index in [4.69, 9.17) is 0 Å². The minimum Gasteiger partial charge on any atom is -0.511 e. The van der Waals surface area contributed by atoms with Crippen molar-refractivity contribution in [1.29, 1.82) is 0 Å². The maximum atomic E-state index is 13.9. The minimum atomic E-state index is -4.07. The third-order valence-electron chi connectivity index (χ3n) is 7.68. The lowest BCUT2D eigenvalue weighted by atomic mass is 9.80. The molecule has 2 bridgehead atoms. The number of hydrogen-bond acceptors (Lipinski definition) is 7. The molecule has 198 valence electrons. The highest BCUT2D eigenvalue weighted by atomic mass is 32.2. The number of nitrogens with one attached hydrogen (secondary N) is 1. The Balaban J connectivity index is 1.41. The summed E-state index contributed by atoms with van der Waals surface area (Å²) in [5.74, 6) is -1.67. The zero-order valence-corrected chi connectivity index (χ0v) is 22.0. The SMILES string of the molecule is CS(=O)(=O)Cc1ccc2c(c1)S(=O)(=O)C=C(C1=C(O)C3C4C=CC(C4)C3N(Cc3ccc(F)cc3)C1=O)N2. The summed E-state index contributed by atoms with van der Waals surface area (Å²) in [4.78, 5) is 15.5. The average Bonchev–Trinajstić information content (AvgIpc) is 3.45. The third kappa shape index (κ3) is 4.14. The van der Waals surface area contributed by atoms with Crippen molar-refractivity contribution in [2.75, 3.05) is 11.6 Å². The van der Waals surface area contributed by atoms with E-state index in [0.717, 1.165) is 18.1 Å². The molecule has 4 aliphatic rings. The lowest BCUT2D eigenvalue weighted by molar-refractivity contribution is -0.133. The molecule has 38 heavy (non-hydrogen) atoms. The Morgan fingerprint density at radius 2 is 1.76 bits per heavy atom. The number of carbonyl (C=O) groups is 1. The van der Waals surface area contributed by atoms with Gasteiger partial charge in [-0.25, -0.2) is 21.2 Å². The second-order valence-electron chi connectivity index (χ2n) is 10.4. The number of sulfone groups is 2. The molecule has 8 nitrogen and oxygen atoms in total. The first-order valence-electron chi connectivity index (χ1n) is 12.1. The number of aliphatic hydroxyl groups excluding tert-OH is 1. The number of allylic oxidation sites excluding steroid dienone is 1. The molecule has 1 amide bonds. The molecule has 0 saturated heterocycles. The maximum Gasteiger partial charge on any atom is 0.260 e.